The molecule has 2 fully saturated rings. The van der Waals surface area contributed by atoms with Crippen molar-refractivity contribution in [1.29, 1.82) is 0 Å². The molecule has 0 aliphatic carbocycles. The van der Waals surface area contributed by atoms with Crippen LogP contribution in [0.5, 0.6) is 11.8 Å². The topological polar surface area (TPSA) is 119 Å². The molecule has 0 radical (unpaired) electrons. The van der Waals surface area contributed by atoms with Crippen LogP contribution < -0.4 is 19.7 Å². The van der Waals surface area contributed by atoms with Crippen molar-refractivity contribution in [3.05, 3.63) is 60.3 Å². The van der Waals surface area contributed by atoms with Gasteiger partial charge in [-0.25, -0.2) is 18.0 Å². The Morgan fingerprint density at radius 1 is 1.21 bits per heavy atom. The Morgan fingerprint density at radius 2 is 2.00 bits per heavy atom. The number of amides is 1. The Kier molecular flexibility index (Phi) is 10.8. The number of carbonyl (C=O) groups excluding carboxylic acids is 2. The molecule has 3 atom stereocenters. The summed E-state index contributed by atoms with van der Waals surface area (Å²) in [6.45, 7) is 9.88. The molecule has 11 nitrogen and oxygen atoms in total. The number of ether oxygens (including phenoxy) is 3. The number of likely N-dealkylation sites (N-methyl/N-ethyl adjacent to an activating group) is 1. The molecule has 1 unspecified atom stereocenters. The number of anilines is 1. The molecule has 2 aromatic carbocycles. The van der Waals surface area contributed by atoms with Crippen molar-refractivity contribution in [3.8, 4) is 35.4 Å². The van der Waals surface area contributed by atoms with Crippen molar-refractivity contribution in [2.24, 2.45) is 0 Å². The van der Waals surface area contributed by atoms with Crippen LogP contribution in [0.3, 0.4) is 0 Å². The van der Waals surface area contributed by atoms with E-state index in [2.05, 4.69) is 27.8 Å². The number of carbonyl (C=O) groups is 2. The number of aromatic nitrogens is 3. The normalized spacial score (nSPS) is 20.6. The predicted molar refractivity (Wildman–Crippen MR) is 195 cm³/mol. The Hall–Kier alpha value is -5.42. The Balaban J connectivity index is 1.52. The number of terminal acetylenes is 1. The van der Waals surface area contributed by atoms with Crippen LogP contribution in [0.15, 0.2) is 43.1 Å². The van der Waals surface area contributed by atoms with E-state index in [1.807, 2.05) is 16.7 Å². The van der Waals surface area contributed by atoms with Crippen molar-refractivity contribution in [2.75, 3.05) is 38.2 Å². The minimum atomic E-state index is -1.04. The largest absolute Gasteiger partial charge is 0.514 e. The number of nitrogens with one attached hydrogen (secondary N) is 1. The number of hydrogen-bond acceptors (Lipinski definition) is 10. The van der Waals surface area contributed by atoms with Gasteiger partial charge in [-0.3, -0.25) is 14.7 Å². The van der Waals surface area contributed by atoms with Gasteiger partial charge in [-0.2, -0.15) is 9.97 Å². The maximum absolute atomic E-state index is 17.2. The van der Waals surface area contributed by atoms with Crippen molar-refractivity contribution in [2.45, 2.75) is 70.3 Å². The van der Waals surface area contributed by atoms with Gasteiger partial charge in [-0.1, -0.05) is 18.6 Å². The van der Waals surface area contributed by atoms with Gasteiger partial charge in [0.1, 0.15) is 41.4 Å². The summed E-state index contributed by atoms with van der Waals surface area (Å²) in [5.41, 5.74) is -1.18. The average Bonchev–Trinajstić information content (AvgIpc) is 3.23. The van der Waals surface area contributed by atoms with Gasteiger partial charge in [0, 0.05) is 49.2 Å². The first-order chi connectivity index (χ1) is 25.3. The van der Waals surface area contributed by atoms with Crippen LogP contribution in [0.25, 0.3) is 32.9 Å². The second kappa shape index (κ2) is 15.3. The molecule has 0 spiro atoms. The lowest BCUT2D eigenvalue weighted by Crippen LogP contribution is -2.43. The summed E-state index contributed by atoms with van der Waals surface area (Å²) in [6, 6.07) is 5.01. The minimum Gasteiger partial charge on any atom is -0.461 e. The summed E-state index contributed by atoms with van der Waals surface area (Å²) < 4.78 is 63.4. The molecule has 4 heterocycles. The summed E-state index contributed by atoms with van der Waals surface area (Å²) in [7, 11) is 1.81. The van der Waals surface area contributed by atoms with Gasteiger partial charge < -0.3 is 24.4 Å². The fraction of sp³-hybridized carbons (Fsp3) is 0.410. The first-order valence-corrected chi connectivity index (χ1v) is 17.4. The fourth-order valence-corrected chi connectivity index (χ4v) is 6.94. The van der Waals surface area contributed by atoms with Crippen molar-refractivity contribution < 1.29 is 37.0 Å². The Labute approximate surface area is 305 Å². The van der Waals surface area contributed by atoms with Crippen LogP contribution in [-0.4, -0.2) is 89.1 Å². The molecule has 2 aliphatic heterocycles. The average molecular weight is 731 g/mol. The number of fused-ring (bicyclic) bond motifs is 2. The quantitative estimate of drug-likeness (QED) is 0.0885. The smallest absolute Gasteiger partial charge is 0.461 e. The summed E-state index contributed by atoms with van der Waals surface area (Å²) in [6.07, 6.45) is 8.40. The summed E-state index contributed by atoms with van der Waals surface area (Å²) in [4.78, 5) is 42.3. The molecule has 1 amide bonds. The lowest BCUT2D eigenvalue weighted by atomic mass is 9.95. The number of nitrogens with zero attached hydrogens (tertiary/aromatic N) is 5. The van der Waals surface area contributed by atoms with Crippen LogP contribution in [0.2, 0.25) is 0 Å². The maximum Gasteiger partial charge on any atom is 0.514 e. The van der Waals surface area contributed by atoms with Gasteiger partial charge in [0.25, 0.3) is 0 Å². The van der Waals surface area contributed by atoms with Crippen LogP contribution in [0.4, 0.5) is 23.8 Å². The summed E-state index contributed by atoms with van der Waals surface area (Å²) in [5.74, 6) is 0.741. The first kappa shape index (κ1) is 37.3. The number of hydrogen-bond donors (Lipinski definition) is 1. The second-order valence-corrected chi connectivity index (χ2v) is 14.0. The van der Waals surface area contributed by atoms with E-state index in [9.17, 15) is 14.0 Å². The third-order valence-electron chi connectivity index (χ3n) is 9.69. The highest BCUT2D eigenvalue weighted by Crippen LogP contribution is 2.40. The highest BCUT2D eigenvalue weighted by atomic mass is 19.1. The van der Waals surface area contributed by atoms with E-state index in [4.69, 9.17) is 25.6 Å². The number of halogens is 3. The predicted octanol–water partition coefficient (Wildman–Crippen LogP) is 6.50. The highest BCUT2D eigenvalue weighted by Gasteiger charge is 2.41. The molecule has 278 valence electrons. The number of alkyl halides is 1. The minimum absolute atomic E-state index is 0.0151. The van der Waals surface area contributed by atoms with Crippen molar-refractivity contribution in [3.63, 3.8) is 0 Å². The maximum atomic E-state index is 17.2. The third-order valence-corrected chi connectivity index (χ3v) is 9.69. The van der Waals surface area contributed by atoms with Crippen LogP contribution >= 0.6 is 0 Å². The first-order valence-electron chi connectivity index (χ1n) is 17.4. The number of pyridine rings is 1. The van der Waals surface area contributed by atoms with E-state index < -0.39 is 35.6 Å². The lowest BCUT2D eigenvalue weighted by molar-refractivity contribution is -0.117. The van der Waals surface area contributed by atoms with Gasteiger partial charge >= 0.3 is 12.2 Å². The summed E-state index contributed by atoms with van der Waals surface area (Å²) >= 11 is 0. The van der Waals surface area contributed by atoms with E-state index in [1.165, 1.54) is 36.5 Å². The molecule has 2 aliphatic rings. The standard InChI is InChI=1S/C39H41F3N6O5/c1-7-27-30(41)13-12-23-15-26(53-38(50)52-22(3)4)16-28(32(23)27)34-33(42)35-29(18-43-34)36(48-14-10-9-11-25(20-48)44-31(49)8-2)46-37(45-35)51-21-39(5)17-24(40)19-47(39)6/h1,8,12-13,15-16,18,22,24-25H,2,9-11,14,17,19-21H2,3-6H3,(H,44,49)/t24-,25?,39+/m1/s1. The monoisotopic (exact) mass is 730 g/mol. The number of likely N-dealkylation sites (tertiary alicyclic amines) is 1. The van der Waals surface area contributed by atoms with Gasteiger partial charge in [-0.05, 0) is 76.7 Å². The molecule has 6 rings (SSSR count). The molecule has 0 saturated carbocycles. The summed E-state index contributed by atoms with van der Waals surface area (Å²) in [5, 5.41) is 3.73. The van der Waals surface area contributed by atoms with E-state index in [1.54, 1.807) is 20.9 Å². The Bertz CT molecular complexity index is 2120. The van der Waals surface area contributed by atoms with E-state index in [-0.39, 0.29) is 76.4 Å². The van der Waals surface area contributed by atoms with E-state index >= 15 is 8.78 Å². The lowest BCUT2D eigenvalue weighted by Gasteiger charge is -2.31. The molecule has 1 N–H and O–H groups in total. The van der Waals surface area contributed by atoms with Crippen LogP contribution in [0, 0.1) is 24.0 Å². The molecule has 0 bridgehead atoms. The van der Waals surface area contributed by atoms with E-state index in [0.29, 0.717) is 30.7 Å². The number of benzene rings is 2. The SMILES string of the molecule is C#Cc1c(F)ccc2cc(OC(=O)OC(C)C)cc(-c3ncc4c(N5CCCCC(NC(=O)C=C)C5)nc(OC[C@]5(C)C[C@@H](F)CN5C)nc4c3F)c12. The molecule has 2 saturated heterocycles. The zero-order valence-corrected chi connectivity index (χ0v) is 30.0. The van der Waals surface area contributed by atoms with Crippen LogP contribution in [-0.2, 0) is 9.53 Å². The van der Waals surface area contributed by atoms with Gasteiger partial charge in [0.15, 0.2) is 5.82 Å². The molecular formula is C39H41F3N6O5. The Morgan fingerprint density at radius 3 is 2.70 bits per heavy atom. The zero-order valence-electron chi connectivity index (χ0n) is 30.0. The van der Waals surface area contributed by atoms with Crippen molar-refractivity contribution >= 4 is 39.6 Å². The zero-order chi connectivity index (χ0) is 38.0. The molecule has 14 heteroatoms. The van der Waals surface area contributed by atoms with Crippen LogP contribution in [0.1, 0.15) is 52.0 Å². The molecule has 2 aromatic heterocycles. The van der Waals surface area contributed by atoms with E-state index in [0.717, 1.165) is 12.8 Å². The number of rotatable bonds is 9. The molecular weight excluding hydrogens is 689 g/mol. The molecule has 53 heavy (non-hydrogen) atoms. The van der Waals surface area contributed by atoms with Gasteiger partial charge in [-0.15, -0.1) is 6.42 Å². The van der Waals surface area contributed by atoms with Gasteiger partial charge in [0.2, 0.25) is 5.91 Å². The third kappa shape index (κ3) is 7.85. The fourth-order valence-electron chi connectivity index (χ4n) is 6.94. The molecule has 4 aromatic rings. The highest BCUT2D eigenvalue weighted by molar-refractivity contribution is 6.03. The van der Waals surface area contributed by atoms with Crippen molar-refractivity contribution in [1.82, 2.24) is 25.2 Å². The van der Waals surface area contributed by atoms with Gasteiger partial charge in [0.05, 0.1) is 22.6 Å². The second-order valence-electron chi connectivity index (χ2n) is 14.0.